The van der Waals surface area contributed by atoms with E-state index in [2.05, 4.69) is 10.3 Å². The number of benzene rings is 1. The van der Waals surface area contributed by atoms with Gasteiger partial charge in [-0.25, -0.2) is 13.4 Å². The van der Waals surface area contributed by atoms with Gasteiger partial charge in [0.2, 0.25) is 15.9 Å². The third-order valence-electron chi connectivity index (χ3n) is 4.43. The fourth-order valence-corrected chi connectivity index (χ4v) is 4.79. The number of nitrogens with one attached hydrogen (secondary N) is 1. The molecule has 1 aliphatic rings. The quantitative estimate of drug-likeness (QED) is 0.773. The number of sulfonamides is 1. The molecule has 2 atom stereocenters. The second-order valence-corrected chi connectivity index (χ2v) is 8.78. The predicted molar refractivity (Wildman–Crippen MR) is 109 cm³/mol. The zero-order valence-corrected chi connectivity index (χ0v) is 17.5. The Labute approximate surface area is 170 Å². The maximum atomic E-state index is 12.9. The van der Waals surface area contributed by atoms with Crippen molar-refractivity contribution in [2.24, 2.45) is 0 Å². The number of carbonyl (C=O) groups excluding carboxylic acids is 1. The molecule has 0 spiro atoms. The summed E-state index contributed by atoms with van der Waals surface area (Å²) in [6.07, 6.45) is 1.23. The van der Waals surface area contributed by atoms with E-state index in [1.807, 2.05) is 20.8 Å². The van der Waals surface area contributed by atoms with E-state index in [-0.39, 0.29) is 28.9 Å². The van der Waals surface area contributed by atoms with Crippen molar-refractivity contribution in [2.45, 2.75) is 37.9 Å². The highest BCUT2D eigenvalue weighted by atomic mass is 32.2. The van der Waals surface area contributed by atoms with Gasteiger partial charge >= 0.3 is 0 Å². The summed E-state index contributed by atoms with van der Waals surface area (Å²) in [5.41, 5.74) is 0.784. The first-order valence-electron chi connectivity index (χ1n) is 9.46. The van der Waals surface area contributed by atoms with Crippen molar-refractivity contribution in [3.05, 3.63) is 48.2 Å². The van der Waals surface area contributed by atoms with Crippen LogP contribution in [0.4, 0.5) is 5.69 Å². The summed E-state index contributed by atoms with van der Waals surface area (Å²) in [7, 11) is -3.63. The van der Waals surface area contributed by atoms with Gasteiger partial charge in [-0.2, -0.15) is 4.31 Å². The van der Waals surface area contributed by atoms with Crippen molar-refractivity contribution < 1.29 is 22.7 Å². The highest BCUT2D eigenvalue weighted by Crippen LogP contribution is 2.23. The maximum absolute atomic E-state index is 12.9. The molecule has 0 aliphatic carbocycles. The zero-order valence-electron chi connectivity index (χ0n) is 16.7. The minimum absolute atomic E-state index is 0.161. The minimum atomic E-state index is -3.63. The van der Waals surface area contributed by atoms with E-state index in [1.54, 1.807) is 30.5 Å². The van der Waals surface area contributed by atoms with Crippen molar-refractivity contribution in [2.75, 3.05) is 25.0 Å². The normalized spacial score (nSPS) is 20.2. The topological polar surface area (TPSA) is 97.8 Å². The monoisotopic (exact) mass is 419 g/mol. The first-order chi connectivity index (χ1) is 13.8. The molecule has 29 heavy (non-hydrogen) atoms. The number of hydrogen-bond donors (Lipinski definition) is 1. The van der Waals surface area contributed by atoms with E-state index in [4.69, 9.17) is 9.47 Å². The van der Waals surface area contributed by atoms with Gasteiger partial charge in [0.1, 0.15) is 5.56 Å². The van der Waals surface area contributed by atoms with Crippen molar-refractivity contribution in [1.29, 1.82) is 0 Å². The van der Waals surface area contributed by atoms with E-state index in [0.29, 0.717) is 30.9 Å². The summed E-state index contributed by atoms with van der Waals surface area (Å²) in [5, 5.41) is 2.74. The van der Waals surface area contributed by atoms with Gasteiger partial charge in [-0.05, 0) is 57.2 Å². The van der Waals surface area contributed by atoms with Gasteiger partial charge in [0, 0.05) is 25.0 Å². The van der Waals surface area contributed by atoms with Crippen LogP contribution in [0.1, 0.15) is 31.1 Å². The van der Waals surface area contributed by atoms with Crippen LogP contribution in [0.5, 0.6) is 5.88 Å². The fourth-order valence-electron chi connectivity index (χ4n) is 3.20. The average Bonchev–Trinajstić information content (AvgIpc) is 2.68. The number of pyridine rings is 1. The van der Waals surface area contributed by atoms with E-state index in [9.17, 15) is 13.2 Å². The summed E-state index contributed by atoms with van der Waals surface area (Å²) in [6.45, 7) is 6.53. The lowest BCUT2D eigenvalue weighted by Gasteiger charge is -2.34. The molecule has 1 saturated heterocycles. The number of amides is 1. The maximum Gasteiger partial charge on any atom is 0.261 e. The van der Waals surface area contributed by atoms with Crippen LogP contribution in [0.3, 0.4) is 0 Å². The predicted octanol–water partition coefficient (Wildman–Crippen LogP) is 2.53. The van der Waals surface area contributed by atoms with E-state index >= 15 is 0 Å². The number of nitrogens with zero attached hydrogens (tertiary/aromatic N) is 2. The van der Waals surface area contributed by atoms with Crippen molar-refractivity contribution in [1.82, 2.24) is 9.29 Å². The Morgan fingerprint density at radius 3 is 2.48 bits per heavy atom. The SMILES string of the molecule is CCOc1ncccc1C(=O)Nc1ccc(S(=O)(=O)N2C[C@@H](C)O[C@@H](C)C2)cc1. The molecule has 2 heterocycles. The molecule has 8 nitrogen and oxygen atoms in total. The first-order valence-corrected chi connectivity index (χ1v) is 10.9. The number of rotatable bonds is 6. The van der Waals surface area contributed by atoms with Gasteiger partial charge in [-0.15, -0.1) is 0 Å². The lowest BCUT2D eigenvalue weighted by molar-refractivity contribution is -0.0440. The molecule has 1 aliphatic heterocycles. The van der Waals surface area contributed by atoms with Crippen LogP contribution >= 0.6 is 0 Å². The molecule has 1 N–H and O–H groups in total. The van der Waals surface area contributed by atoms with Crippen LogP contribution in [0, 0.1) is 0 Å². The van der Waals surface area contributed by atoms with Gasteiger partial charge in [-0.1, -0.05) is 0 Å². The fraction of sp³-hybridized carbons (Fsp3) is 0.400. The Balaban J connectivity index is 1.74. The summed E-state index contributed by atoms with van der Waals surface area (Å²) in [6, 6.07) is 9.37. The second kappa shape index (κ2) is 8.89. The Bertz CT molecular complexity index is 952. The summed E-state index contributed by atoms with van der Waals surface area (Å²) < 4.78 is 38.2. The number of morpholine rings is 1. The first kappa shape index (κ1) is 21.2. The lowest BCUT2D eigenvalue weighted by atomic mass is 10.2. The lowest BCUT2D eigenvalue weighted by Crippen LogP contribution is -2.48. The van der Waals surface area contributed by atoms with Gasteiger partial charge in [-0.3, -0.25) is 4.79 Å². The number of hydrogen-bond acceptors (Lipinski definition) is 6. The number of carbonyl (C=O) groups is 1. The largest absolute Gasteiger partial charge is 0.477 e. The molecular formula is C20H25N3O5S. The molecule has 0 bridgehead atoms. The summed E-state index contributed by atoms with van der Waals surface area (Å²) in [5.74, 6) is -0.129. The minimum Gasteiger partial charge on any atom is -0.477 e. The van der Waals surface area contributed by atoms with E-state index < -0.39 is 10.0 Å². The van der Waals surface area contributed by atoms with Gasteiger partial charge in [0.25, 0.3) is 5.91 Å². The van der Waals surface area contributed by atoms with Crippen LogP contribution in [0.15, 0.2) is 47.5 Å². The van der Waals surface area contributed by atoms with Crippen molar-refractivity contribution >= 4 is 21.6 Å². The molecule has 2 aromatic rings. The van der Waals surface area contributed by atoms with E-state index in [1.165, 1.54) is 16.4 Å². The van der Waals surface area contributed by atoms with E-state index in [0.717, 1.165) is 0 Å². The number of anilines is 1. The third kappa shape index (κ3) is 4.92. The highest BCUT2D eigenvalue weighted by Gasteiger charge is 2.32. The summed E-state index contributed by atoms with van der Waals surface area (Å²) >= 11 is 0. The molecule has 1 aromatic carbocycles. The molecule has 1 amide bonds. The van der Waals surface area contributed by atoms with Crippen LogP contribution < -0.4 is 10.1 Å². The molecular weight excluding hydrogens is 394 g/mol. The smallest absolute Gasteiger partial charge is 0.261 e. The van der Waals surface area contributed by atoms with Crippen LogP contribution in [0.25, 0.3) is 0 Å². The highest BCUT2D eigenvalue weighted by molar-refractivity contribution is 7.89. The molecule has 1 fully saturated rings. The third-order valence-corrected chi connectivity index (χ3v) is 6.28. The second-order valence-electron chi connectivity index (χ2n) is 6.85. The Hall–Kier alpha value is -2.49. The Kier molecular flexibility index (Phi) is 6.51. The number of aromatic nitrogens is 1. The Morgan fingerprint density at radius 1 is 1.21 bits per heavy atom. The van der Waals surface area contributed by atoms with Gasteiger partial charge in [0.05, 0.1) is 23.7 Å². The molecule has 3 rings (SSSR count). The van der Waals surface area contributed by atoms with Gasteiger partial charge in [0.15, 0.2) is 0 Å². The molecule has 156 valence electrons. The van der Waals surface area contributed by atoms with Crippen molar-refractivity contribution in [3.63, 3.8) is 0 Å². The van der Waals surface area contributed by atoms with Crippen molar-refractivity contribution in [3.8, 4) is 5.88 Å². The molecule has 9 heteroatoms. The Morgan fingerprint density at radius 2 is 1.86 bits per heavy atom. The van der Waals surface area contributed by atoms with Gasteiger partial charge < -0.3 is 14.8 Å². The number of ether oxygens (including phenoxy) is 2. The average molecular weight is 420 g/mol. The molecule has 1 aromatic heterocycles. The molecule has 0 radical (unpaired) electrons. The molecule has 0 unspecified atom stereocenters. The van der Waals surface area contributed by atoms with Crippen LogP contribution in [0.2, 0.25) is 0 Å². The standard InChI is InChI=1S/C20H25N3O5S/c1-4-27-20-18(6-5-11-21-20)19(24)22-16-7-9-17(10-8-16)29(25,26)23-12-14(2)28-15(3)13-23/h5-11,14-15H,4,12-13H2,1-3H3,(H,22,24)/t14-,15+. The van der Waals surface area contributed by atoms with Crippen LogP contribution in [-0.4, -0.2) is 55.5 Å². The van der Waals surface area contributed by atoms with Crippen LogP contribution in [-0.2, 0) is 14.8 Å². The summed E-state index contributed by atoms with van der Waals surface area (Å²) in [4.78, 5) is 16.8. The zero-order chi connectivity index (χ0) is 21.0. The molecule has 0 saturated carbocycles.